The normalized spacial score (nSPS) is 10.1. The van der Waals surface area contributed by atoms with Crippen molar-refractivity contribution in [3.63, 3.8) is 0 Å². The lowest BCUT2D eigenvalue weighted by Crippen LogP contribution is -2.14. The van der Waals surface area contributed by atoms with Gasteiger partial charge in [-0.3, -0.25) is 4.79 Å². The molecule has 1 heterocycles. The van der Waals surface area contributed by atoms with Crippen LogP contribution in [0.1, 0.15) is 16.2 Å². The molecule has 0 spiro atoms. The second kappa shape index (κ2) is 6.75. The van der Waals surface area contributed by atoms with Gasteiger partial charge >= 0.3 is 0 Å². The van der Waals surface area contributed by atoms with E-state index in [9.17, 15) is 4.79 Å². The molecule has 114 valence electrons. The topological polar surface area (TPSA) is 51.2 Å². The average molecular weight is 304 g/mol. The van der Waals surface area contributed by atoms with Crippen molar-refractivity contribution in [1.29, 1.82) is 0 Å². The van der Waals surface area contributed by atoms with Crippen LogP contribution in [0.15, 0.2) is 72.8 Å². The zero-order valence-electron chi connectivity index (χ0n) is 12.7. The molecule has 0 bridgehead atoms. The Morgan fingerprint density at radius 2 is 1.65 bits per heavy atom. The van der Waals surface area contributed by atoms with E-state index in [4.69, 9.17) is 4.74 Å². The predicted octanol–water partition coefficient (Wildman–Crippen LogP) is 4.43. The summed E-state index contributed by atoms with van der Waals surface area (Å²) in [6, 6.07) is 22.1. The standard InChI is InChI=1S/C19H16N2O2/c1-14-8-7-12-17(20-14)19(22)21-16-11-5-6-13-18(16)23-15-9-3-2-4-10-15/h2-13H,1H3,(H,21,22). The fraction of sp³-hybridized carbons (Fsp3) is 0.0526. The molecular weight excluding hydrogens is 288 g/mol. The number of hydrogen-bond donors (Lipinski definition) is 1. The fourth-order valence-electron chi connectivity index (χ4n) is 2.13. The smallest absolute Gasteiger partial charge is 0.274 e. The lowest BCUT2D eigenvalue weighted by Gasteiger charge is -2.12. The molecule has 2 aromatic carbocycles. The van der Waals surface area contributed by atoms with Gasteiger partial charge in [0.05, 0.1) is 5.69 Å². The maximum atomic E-state index is 12.3. The lowest BCUT2D eigenvalue weighted by molar-refractivity contribution is 0.102. The molecule has 3 aromatic rings. The number of benzene rings is 2. The first-order valence-electron chi connectivity index (χ1n) is 7.29. The Labute approximate surface area is 134 Å². The van der Waals surface area contributed by atoms with Crippen molar-refractivity contribution in [3.8, 4) is 11.5 Å². The van der Waals surface area contributed by atoms with Gasteiger partial charge in [0, 0.05) is 5.69 Å². The van der Waals surface area contributed by atoms with Crippen LogP contribution in [0.5, 0.6) is 11.5 Å². The number of ether oxygens (including phenoxy) is 1. The van der Waals surface area contributed by atoms with E-state index in [1.165, 1.54) is 0 Å². The number of pyridine rings is 1. The van der Waals surface area contributed by atoms with Crippen molar-refractivity contribution >= 4 is 11.6 Å². The van der Waals surface area contributed by atoms with E-state index in [2.05, 4.69) is 10.3 Å². The third kappa shape index (κ3) is 3.74. The van der Waals surface area contributed by atoms with Crippen molar-refractivity contribution in [1.82, 2.24) is 4.98 Å². The Morgan fingerprint density at radius 3 is 2.43 bits per heavy atom. The molecule has 1 aromatic heterocycles. The number of nitrogens with zero attached hydrogens (tertiary/aromatic N) is 1. The molecular formula is C19H16N2O2. The number of amides is 1. The summed E-state index contributed by atoms with van der Waals surface area (Å²) < 4.78 is 5.83. The molecule has 4 nitrogen and oxygen atoms in total. The lowest BCUT2D eigenvalue weighted by atomic mass is 10.2. The Bertz CT molecular complexity index is 816. The minimum Gasteiger partial charge on any atom is -0.455 e. The van der Waals surface area contributed by atoms with E-state index in [1.54, 1.807) is 12.1 Å². The molecule has 0 saturated heterocycles. The van der Waals surface area contributed by atoms with Gasteiger partial charge < -0.3 is 10.1 Å². The summed E-state index contributed by atoms with van der Waals surface area (Å²) in [5.41, 5.74) is 1.77. The summed E-state index contributed by atoms with van der Waals surface area (Å²) in [5, 5.41) is 2.85. The molecule has 23 heavy (non-hydrogen) atoms. The van der Waals surface area contributed by atoms with Crippen molar-refractivity contribution in [2.75, 3.05) is 5.32 Å². The van der Waals surface area contributed by atoms with Crippen LogP contribution in [0.3, 0.4) is 0 Å². The van der Waals surface area contributed by atoms with Gasteiger partial charge in [-0.15, -0.1) is 0 Å². The number of nitrogens with one attached hydrogen (secondary N) is 1. The van der Waals surface area contributed by atoms with Crippen molar-refractivity contribution in [3.05, 3.63) is 84.2 Å². The van der Waals surface area contributed by atoms with Gasteiger partial charge in [-0.05, 0) is 43.3 Å². The highest BCUT2D eigenvalue weighted by Crippen LogP contribution is 2.29. The number of carbonyl (C=O) groups is 1. The Kier molecular flexibility index (Phi) is 4.34. The van der Waals surface area contributed by atoms with Crippen LogP contribution in [0.25, 0.3) is 0 Å². The third-order valence-corrected chi connectivity index (χ3v) is 3.23. The van der Waals surface area contributed by atoms with E-state index in [0.717, 1.165) is 5.69 Å². The molecule has 0 aliphatic rings. The van der Waals surface area contributed by atoms with Crippen LogP contribution in [0.2, 0.25) is 0 Å². The summed E-state index contributed by atoms with van der Waals surface area (Å²) in [4.78, 5) is 16.6. The Balaban J connectivity index is 1.82. The van der Waals surface area contributed by atoms with Crippen molar-refractivity contribution in [2.45, 2.75) is 6.92 Å². The first-order valence-corrected chi connectivity index (χ1v) is 7.29. The average Bonchev–Trinajstić information content (AvgIpc) is 2.57. The Morgan fingerprint density at radius 1 is 0.913 bits per heavy atom. The molecule has 4 heteroatoms. The van der Waals surface area contributed by atoms with Crippen LogP contribution < -0.4 is 10.1 Å². The molecule has 0 atom stereocenters. The van der Waals surface area contributed by atoms with E-state index >= 15 is 0 Å². The highest BCUT2D eigenvalue weighted by atomic mass is 16.5. The highest BCUT2D eigenvalue weighted by molar-refractivity contribution is 6.03. The predicted molar refractivity (Wildman–Crippen MR) is 89.9 cm³/mol. The quantitative estimate of drug-likeness (QED) is 0.775. The largest absolute Gasteiger partial charge is 0.455 e. The molecule has 0 saturated carbocycles. The third-order valence-electron chi connectivity index (χ3n) is 3.23. The summed E-state index contributed by atoms with van der Waals surface area (Å²) >= 11 is 0. The van der Waals surface area contributed by atoms with Gasteiger partial charge in [-0.25, -0.2) is 4.98 Å². The second-order valence-electron chi connectivity index (χ2n) is 5.03. The number of hydrogen-bond acceptors (Lipinski definition) is 3. The van der Waals surface area contributed by atoms with Gasteiger partial charge in [-0.2, -0.15) is 0 Å². The molecule has 0 aliphatic carbocycles. The van der Waals surface area contributed by atoms with Crippen LogP contribution in [0.4, 0.5) is 5.69 Å². The van der Waals surface area contributed by atoms with Gasteiger partial charge in [-0.1, -0.05) is 36.4 Å². The zero-order valence-corrected chi connectivity index (χ0v) is 12.7. The minimum atomic E-state index is -0.266. The number of aryl methyl sites for hydroxylation is 1. The fourth-order valence-corrected chi connectivity index (χ4v) is 2.13. The minimum absolute atomic E-state index is 0.266. The van der Waals surface area contributed by atoms with Crippen LogP contribution in [0, 0.1) is 6.92 Å². The number of para-hydroxylation sites is 3. The molecule has 0 aliphatic heterocycles. The van der Waals surface area contributed by atoms with Gasteiger partial charge in [0.15, 0.2) is 5.75 Å². The SMILES string of the molecule is Cc1cccc(C(=O)Nc2ccccc2Oc2ccccc2)n1. The van der Waals surface area contributed by atoms with E-state index in [1.807, 2.05) is 67.6 Å². The second-order valence-corrected chi connectivity index (χ2v) is 5.03. The number of rotatable bonds is 4. The number of anilines is 1. The molecule has 1 N–H and O–H groups in total. The first-order chi connectivity index (χ1) is 11.2. The maximum absolute atomic E-state index is 12.3. The molecule has 0 fully saturated rings. The van der Waals surface area contributed by atoms with Crippen LogP contribution in [-0.2, 0) is 0 Å². The van der Waals surface area contributed by atoms with E-state index < -0.39 is 0 Å². The van der Waals surface area contributed by atoms with Crippen LogP contribution in [-0.4, -0.2) is 10.9 Å². The van der Waals surface area contributed by atoms with Gasteiger partial charge in [0.2, 0.25) is 0 Å². The zero-order chi connectivity index (χ0) is 16.1. The summed E-state index contributed by atoms with van der Waals surface area (Å²) in [7, 11) is 0. The molecule has 0 unspecified atom stereocenters. The van der Waals surface area contributed by atoms with Gasteiger partial charge in [0.25, 0.3) is 5.91 Å². The van der Waals surface area contributed by atoms with Crippen LogP contribution >= 0.6 is 0 Å². The van der Waals surface area contributed by atoms with Crippen molar-refractivity contribution in [2.24, 2.45) is 0 Å². The van der Waals surface area contributed by atoms with E-state index in [0.29, 0.717) is 22.9 Å². The monoisotopic (exact) mass is 304 g/mol. The highest BCUT2D eigenvalue weighted by Gasteiger charge is 2.11. The number of carbonyl (C=O) groups excluding carboxylic acids is 1. The summed E-state index contributed by atoms with van der Waals surface area (Å²) in [6.07, 6.45) is 0. The van der Waals surface area contributed by atoms with Gasteiger partial charge in [0.1, 0.15) is 11.4 Å². The summed E-state index contributed by atoms with van der Waals surface area (Å²) in [6.45, 7) is 1.85. The Hall–Kier alpha value is -3.14. The molecule has 3 rings (SSSR count). The maximum Gasteiger partial charge on any atom is 0.274 e. The van der Waals surface area contributed by atoms with Crippen molar-refractivity contribution < 1.29 is 9.53 Å². The number of aromatic nitrogens is 1. The van der Waals surface area contributed by atoms with E-state index in [-0.39, 0.29) is 5.91 Å². The first kappa shape index (κ1) is 14.8. The summed E-state index contributed by atoms with van der Waals surface area (Å²) in [5.74, 6) is 1.03. The molecule has 1 amide bonds. The molecule has 0 radical (unpaired) electrons.